The molecule has 0 radical (unpaired) electrons. The van der Waals surface area contributed by atoms with E-state index in [9.17, 15) is 0 Å². The molecule has 2 nitrogen and oxygen atoms in total. The van der Waals surface area contributed by atoms with E-state index < -0.39 is 0 Å². The van der Waals surface area contributed by atoms with Gasteiger partial charge in [0.05, 0.1) is 0 Å². The smallest absolute Gasteiger partial charge is 0.0250 e. The van der Waals surface area contributed by atoms with Crippen LogP contribution in [0.5, 0.6) is 0 Å². The maximum absolute atomic E-state index is 3.77. The standard InChI is InChI=1S/C18H29BrN2/c1-5-17-9-6-14(4)21(17)12-16-8-7-15(10-18(16)19)11-20-13(2)3/h7-8,10,13-14,17,20H,5-6,9,11-12H2,1-4H3. The average Bonchev–Trinajstić information content (AvgIpc) is 2.80. The number of benzene rings is 1. The van der Waals surface area contributed by atoms with Gasteiger partial charge in [-0.1, -0.05) is 48.8 Å². The van der Waals surface area contributed by atoms with Crippen LogP contribution in [0.25, 0.3) is 0 Å². The van der Waals surface area contributed by atoms with E-state index in [1.54, 1.807) is 0 Å². The van der Waals surface area contributed by atoms with Crippen molar-refractivity contribution in [2.75, 3.05) is 0 Å². The molecule has 1 saturated heterocycles. The van der Waals surface area contributed by atoms with Crippen molar-refractivity contribution in [1.29, 1.82) is 0 Å². The third-order valence-electron chi connectivity index (χ3n) is 4.61. The fourth-order valence-electron chi connectivity index (χ4n) is 3.20. The highest BCUT2D eigenvalue weighted by Gasteiger charge is 2.29. The van der Waals surface area contributed by atoms with Crippen LogP contribution in [0.4, 0.5) is 0 Å². The molecular formula is C18H29BrN2. The zero-order valence-corrected chi connectivity index (χ0v) is 15.4. The van der Waals surface area contributed by atoms with Crippen LogP contribution < -0.4 is 5.32 Å². The van der Waals surface area contributed by atoms with E-state index in [1.165, 1.54) is 34.9 Å². The van der Waals surface area contributed by atoms with Crippen LogP contribution in [-0.2, 0) is 13.1 Å². The molecule has 1 aliphatic rings. The lowest BCUT2D eigenvalue weighted by molar-refractivity contribution is 0.189. The summed E-state index contributed by atoms with van der Waals surface area (Å²) in [4.78, 5) is 2.67. The number of rotatable bonds is 6. The third-order valence-corrected chi connectivity index (χ3v) is 5.35. The van der Waals surface area contributed by atoms with Gasteiger partial charge in [-0.3, -0.25) is 4.90 Å². The predicted octanol–water partition coefficient (Wildman–Crippen LogP) is 4.71. The molecule has 0 aromatic heterocycles. The van der Waals surface area contributed by atoms with Crippen molar-refractivity contribution in [3.05, 3.63) is 33.8 Å². The Morgan fingerprint density at radius 2 is 2.10 bits per heavy atom. The second-order valence-corrected chi connectivity index (χ2v) is 7.48. The quantitative estimate of drug-likeness (QED) is 0.797. The topological polar surface area (TPSA) is 15.3 Å². The van der Waals surface area contributed by atoms with E-state index in [0.29, 0.717) is 12.1 Å². The van der Waals surface area contributed by atoms with Crippen molar-refractivity contribution in [2.45, 2.75) is 78.2 Å². The first-order chi connectivity index (χ1) is 10.0. The number of halogens is 1. The summed E-state index contributed by atoms with van der Waals surface area (Å²) in [5.74, 6) is 0. The van der Waals surface area contributed by atoms with Crippen molar-refractivity contribution in [1.82, 2.24) is 10.2 Å². The van der Waals surface area contributed by atoms with Gasteiger partial charge in [-0.2, -0.15) is 0 Å². The Bertz CT molecular complexity index is 459. The molecule has 0 saturated carbocycles. The molecule has 3 heteroatoms. The first-order valence-electron chi connectivity index (χ1n) is 8.27. The summed E-state index contributed by atoms with van der Waals surface area (Å²) >= 11 is 3.77. The van der Waals surface area contributed by atoms with Crippen molar-refractivity contribution in [3.8, 4) is 0 Å². The van der Waals surface area contributed by atoms with Crippen molar-refractivity contribution in [2.24, 2.45) is 0 Å². The van der Waals surface area contributed by atoms with Gasteiger partial charge in [0.1, 0.15) is 0 Å². The monoisotopic (exact) mass is 352 g/mol. The molecule has 1 aliphatic heterocycles. The lowest BCUT2D eigenvalue weighted by Gasteiger charge is -2.28. The Balaban J connectivity index is 2.03. The molecule has 0 spiro atoms. The molecule has 2 atom stereocenters. The average molecular weight is 353 g/mol. The van der Waals surface area contributed by atoms with Gasteiger partial charge in [-0.25, -0.2) is 0 Å². The van der Waals surface area contributed by atoms with Crippen LogP contribution in [0.2, 0.25) is 0 Å². The number of likely N-dealkylation sites (tertiary alicyclic amines) is 1. The number of hydrogen-bond acceptors (Lipinski definition) is 2. The number of hydrogen-bond donors (Lipinski definition) is 1. The highest BCUT2D eigenvalue weighted by atomic mass is 79.9. The maximum Gasteiger partial charge on any atom is 0.0250 e. The summed E-state index contributed by atoms with van der Waals surface area (Å²) < 4.78 is 1.25. The van der Waals surface area contributed by atoms with Crippen LogP contribution in [0.1, 0.15) is 58.1 Å². The first kappa shape index (κ1) is 17.0. The Hall–Kier alpha value is -0.380. The molecule has 1 heterocycles. The van der Waals surface area contributed by atoms with E-state index in [-0.39, 0.29) is 0 Å². The Morgan fingerprint density at radius 3 is 2.71 bits per heavy atom. The number of nitrogens with zero attached hydrogens (tertiary/aromatic N) is 1. The minimum absolute atomic E-state index is 0.527. The summed E-state index contributed by atoms with van der Waals surface area (Å²) in [5, 5.41) is 3.47. The van der Waals surface area contributed by atoms with Crippen molar-refractivity contribution >= 4 is 15.9 Å². The molecule has 1 fully saturated rings. The Kier molecular flexibility index (Phi) is 6.27. The molecule has 1 N–H and O–H groups in total. The van der Waals surface area contributed by atoms with Crippen LogP contribution in [0.3, 0.4) is 0 Å². The van der Waals surface area contributed by atoms with Crippen LogP contribution in [0.15, 0.2) is 22.7 Å². The molecule has 1 aromatic carbocycles. The van der Waals surface area contributed by atoms with Gasteiger partial charge in [-0.15, -0.1) is 0 Å². The molecule has 0 aliphatic carbocycles. The minimum Gasteiger partial charge on any atom is -0.310 e. The predicted molar refractivity (Wildman–Crippen MR) is 94.4 cm³/mol. The molecular weight excluding hydrogens is 324 g/mol. The van der Waals surface area contributed by atoms with Crippen molar-refractivity contribution < 1.29 is 0 Å². The first-order valence-corrected chi connectivity index (χ1v) is 9.07. The summed E-state index contributed by atoms with van der Waals surface area (Å²) in [7, 11) is 0. The Morgan fingerprint density at radius 1 is 1.33 bits per heavy atom. The van der Waals surface area contributed by atoms with E-state index in [4.69, 9.17) is 0 Å². The zero-order valence-electron chi connectivity index (χ0n) is 13.8. The van der Waals surface area contributed by atoms with Crippen LogP contribution in [-0.4, -0.2) is 23.0 Å². The minimum atomic E-state index is 0.527. The highest BCUT2D eigenvalue weighted by molar-refractivity contribution is 9.10. The molecule has 2 unspecified atom stereocenters. The lowest BCUT2D eigenvalue weighted by atomic mass is 10.1. The molecule has 118 valence electrons. The van der Waals surface area contributed by atoms with Gasteiger partial charge in [0, 0.05) is 35.7 Å². The fourth-order valence-corrected chi connectivity index (χ4v) is 3.75. The molecule has 1 aromatic rings. The van der Waals surface area contributed by atoms with E-state index in [1.807, 2.05) is 0 Å². The summed E-state index contributed by atoms with van der Waals surface area (Å²) in [5.41, 5.74) is 2.76. The van der Waals surface area contributed by atoms with Gasteiger partial charge in [0.25, 0.3) is 0 Å². The lowest BCUT2D eigenvalue weighted by Crippen LogP contribution is -2.33. The van der Waals surface area contributed by atoms with E-state index >= 15 is 0 Å². The van der Waals surface area contributed by atoms with Crippen molar-refractivity contribution in [3.63, 3.8) is 0 Å². The van der Waals surface area contributed by atoms with E-state index in [0.717, 1.165) is 19.1 Å². The zero-order chi connectivity index (χ0) is 15.4. The molecule has 2 rings (SSSR count). The molecule has 0 amide bonds. The van der Waals surface area contributed by atoms with Gasteiger partial charge in [0.2, 0.25) is 0 Å². The Labute approximate surface area is 138 Å². The van der Waals surface area contributed by atoms with Crippen LogP contribution >= 0.6 is 15.9 Å². The molecule has 0 bridgehead atoms. The van der Waals surface area contributed by atoms with Gasteiger partial charge in [-0.05, 0) is 43.4 Å². The second kappa shape index (κ2) is 7.75. The summed E-state index contributed by atoms with van der Waals surface area (Å²) in [6, 6.07) is 8.82. The second-order valence-electron chi connectivity index (χ2n) is 6.62. The van der Waals surface area contributed by atoms with Gasteiger partial charge >= 0.3 is 0 Å². The summed E-state index contributed by atoms with van der Waals surface area (Å²) in [6.45, 7) is 11.1. The van der Waals surface area contributed by atoms with Gasteiger partial charge in [0.15, 0.2) is 0 Å². The van der Waals surface area contributed by atoms with Crippen LogP contribution in [0, 0.1) is 0 Å². The highest BCUT2D eigenvalue weighted by Crippen LogP contribution is 2.30. The van der Waals surface area contributed by atoms with Gasteiger partial charge < -0.3 is 5.32 Å². The SMILES string of the molecule is CCC1CCC(C)N1Cc1ccc(CNC(C)C)cc1Br. The normalized spacial score (nSPS) is 23.1. The summed E-state index contributed by atoms with van der Waals surface area (Å²) in [6.07, 6.45) is 3.95. The largest absolute Gasteiger partial charge is 0.310 e. The molecule has 21 heavy (non-hydrogen) atoms. The fraction of sp³-hybridized carbons (Fsp3) is 0.667. The van der Waals surface area contributed by atoms with E-state index in [2.05, 4.69) is 72.0 Å². The number of nitrogens with one attached hydrogen (secondary N) is 1. The third kappa shape index (κ3) is 4.54. The maximum atomic E-state index is 3.77.